The lowest BCUT2D eigenvalue weighted by Crippen LogP contribution is -2.45. The fourth-order valence-electron chi connectivity index (χ4n) is 6.98. The summed E-state index contributed by atoms with van der Waals surface area (Å²) >= 11 is 0. The summed E-state index contributed by atoms with van der Waals surface area (Å²) in [5.74, 6) is -0.225. The smallest absolute Gasteiger partial charge is 0.268 e. The molecule has 3 unspecified atom stereocenters. The van der Waals surface area contributed by atoms with Crippen LogP contribution in [0, 0.1) is 0 Å². The normalized spacial score (nSPS) is 15.1. The maximum Gasteiger partial charge on any atom is 0.268 e. The quantitative estimate of drug-likeness (QED) is 0.0272. The SMILES string of the molecule is CC/C=C\C/C=C\C/C=C\C/C=C\C/C=C\C/C=C\C/C=C\C/C=C\C/C=C\C/C=C\C/C=C\CCCCCCCC(=O)NC(COP(=O)([O-])OCC[N+](C)(C)C)C(O)/C=C/CCCCCCCCCC. The average Bonchev–Trinajstić information content (AvgIpc) is 3.33. The first-order valence-electron chi connectivity index (χ1n) is 27.7. The zero-order valence-electron chi connectivity index (χ0n) is 45.6. The van der Waals surface area contributed by atoms with E-state index in [4.69, 9.17) is 9.05 Å². The Kier molecular flexibility index (Phi) is 48.7. The Morgan fingerprint density at radius 2 is 0.859 bits per heavy atom. The zero-order valence-corrected chi connectivity index (χ0v) is 46.5. The first kappa shape index (κ1) is 67.4. The van der Waals surface area contributed by atoms with Gasteiger partial charge in [0.25, 0.3) is 7.82 Å². The number of unbranched alkanes of at least 4 members (excludes halogenated alkanes) is 13. The second-order valence-electron chi connectivity index (χ2n) is 19.2. The summed E-state index contributed by atoms with van der Waals surface area (Å²) in [6.45, 7) is 4.46. The maximum atomic E-state index is 12.9. The summed E-state index contributed by atoms with van der Waals surface area (Å²) < 4.78 is 23.2. The molecule has 71 heavy (non-hydrogen) atoms. The van der Waals surface area contributed by atoms with Crippen molar-refractivity contribution in [3.8, 4) is 0 Å². The van der Waals surface area contributed by atoms with Gasteiger partial charge in [-0.25, -0.2) is 0 Å². The number of phosphoric acid groups is 1. The molecule has 2 N–H and O–H groups in total. The third-order valence-corrected chi connectivity index (χ3v) is 12.3. The number of carbonyl (C=O) groups excluding carboxylic acids is 1. The predicted octanol–water partition coefficient (Wildman–Crippen LogP) is 16.3. The molecule has 0 saturated heterocycles. The van der Waals surface area contributed by atoms with Crippen molar-refractivity contribution < 1.29 is 32.9 Å². The Bertz CT molecular complexity index is 1660. The van der Waals surface area contributed by atoms with Crippen molar-refractivity contribution in [2.45, 2.75) is 199 Å². The number of allylic oxidation sites excluding steroid dienone is 23. The van der Waals surface area contributed by atoms with Gasteiger partial charge in [-0.15, -0.1) is 0 Å². The number of quaternary nitrogens is 1. The van der Waals surface area contributed by atoms with Crippen molar-refractivity contribution in [1.29, 1.82) is 0 Å². The minimum atomic E-state index is -4.60. The Hall–Kier alpha value is -3.62. The number of rotatable bonds is 48. The van der Waals surface area contributed by atoms with Crippen LogP contribution < -0.4 is 10.2 Å². The van der Waals surface area contributed by atoms with Crippen LogP contribution in [-0.4, -0.2) is 68.5 Å². The number of aliphatic hydroxyl groups is 1. The van der Waals surface area contributed by atoms with Crippen LogP contribution in [0.25, 0.3) is 0 Å². The molecule has 0 aromatic rings. The number of hydrogen-bond donors (Lipinski definition) is 2. The molecule has 0 aliphatic heterocycles. The summed E-state index contributed by atoms with van der Waals surface area (Å²) in [5, 5.41) is 13.8. The molecule has 402 valence electrons. The highest BCUT2D eigenvalue weighted by atomic mass is 31.2. The summed E-state index contributed by atoms with van der Waals surface area (Å²) in [6, 6.07) is -0.906. The van der Waals surface area contributed by atoms with E-state index in [1.54, 1.807) is 6.08 Å². The molecule has 0 aromatic carbocycles. The Balaban J connectivity index is 4.16. The molecule has 8 nitrogen and oxygen atoms in total. The minimum absolute atomic E-state index is 0.0131. The van der Waals surface area contributed by atoms with Crippen molar-refractivity contribution in [2.24, 2.45) is 0 Å². The van der Waals surface area contributed by atoms with Gasteiger partial charge < -0.3 is 28.8 Å². The number of likely N-dealkylation sites (N-methyl/N-ethyl adjacent to an activating group) is 1. The minimum Gasteiger partial charge on any atom is -0.756 e. The van der Waals surface area contributed by atoms with Crippen LogP contribution in [0.5, 0.6) is 0 Å². The van der Waals surface area contributed by atoms with Gasteiger partial charge in [-0.3, -0.25) is 9.36 Å². The third kappa shape index (κ3) is 54.0. The lowest BCUT2D eigenvalue weighted by Gasteiger charge is -2.29. The Labute approximate surface area is 436 Å². The van der Waals surface area contributed by atoms with E-state index in [-0.39, 0.29) is 12.5 Å². The van der Waals surface area contributed by atoms with E-state index in [1.807, 2.05) is 27.2 Å². The van der Waals surface area contributed by atoms with Crippen molar-refractivity contribution in [1.82, 2.24) is 5.32 Å². The number of nitrogens with one attached hydrogen (secondary N) is 1. The zero-order chi connectivity index (χ0) is 52.0. The van der Waals surface area contributed by atoms with E-state index in [0.29, 0.717) is 17.4 Å². The van der Waals surface area contributed by atoms with Crippen LogP contribution in [0.2, 0.25) is 0 Å². The second kappa shape index (κ2) is 51.3. The highest BCUT2D eigenvalue weighted by Gasteiger charge is 2.23. The van der Waals surface area contributed by atoms with E-state index in [0.717, 1.165) is 128 Å². The molecule has 0 aromatic heterocycles. The van der Waals surface area contributed by atoms with E-state index < -0.39 is 26.6 Å². The van der Waals surface area contributed by atoms with E-state index in [9.17, 15) is 19.4 Å². The first-order valence-corrected chi connectivity index (χ1v) is 29.2. The standard InChI is InChI=1S/C62H103N2O6P/c1-6-8-10-12-14-16-18-19-20-21-22-23-24-25-26-27-28-29-30-31-32-33-34-35-36-37-38-39-40-41-42-43-44-45-46-48-50-52-54-56-62(66)63-60(59-70-71(67,68)69-58-57-64(3,4)5)61(65)55-53-51-49-47-17-15-13-11-9-7-2/h8,10,14,16,19-20,22-23,25-26,28-29,31-32,34-35,37-38,40-41,43-44,53,55,60-61,65H,6-7,9,11-13,15,17-18,21,24,27,30,33,36,39,42,45-52,54,56-59H2,1-5H3,(H-,63,66,67,68)/b10-8-,16-14-,20-19-,23-22-,26-25-,29-28-,32-31-,35-34-,38-37-,41-40-,44-43-,55-53+. The maximum absolute atomic E-state index is 12.9. The van der Waals surface area contributed by atoms with Gasteiger partial charge in [0, 0.05) is 6.42 Å². The van der Waals surface area contributed by atoms with E-state index in [1.165, 1.54) is 38.5 Å². The topological polar surface area (TPSA) is 108 Å². The van der Waals surface area contributed by atoms with Crippen LogP contribution >= 0.6 is 7.82 Å². The predicted molar refractivity (Wildman–Crippen MR) is 306 cm³/mol. The summed E-state index contributed by atoms with van der Waals surface area (Å²) in [5.41, 5.74) is 0. The molecule has 0 bridgehead atoms. The van der Waals surface area contributed by atoms with Crippen molar-refractivity contribution in [2.75, 3.05) is 40.9 Å². The lowest BCUT2D eigenvalue weighted by atomic mass is 10.1. The number of nitrogens with zero attached hydrogens (tertiary/aromatic N) is 1. The number of amides is 1. The van der Waals surface area contributed by atoms with Gasteiger partial charge in [0.05, 0.1) is 39.9 Å². The van der Waals surface area contributed by atoms with Gasteiger partial charge >= 0.3 is 0 Å². The van der Waals surface area contributed by atoms with Crippen LogP contribution in [0.4, 0.5) is 0 Å². The fourth-order valence-corrected chi connectivity index (χ4v) is 7.70. The molecule has 0 spiro atoms. The molecular weight excluding hydrogens is 900 g/mol. The van der Waals surface area contributed by atoms with Crippen LogP contribution in [0.3, 0.4) is 0 Å². The molecule has 0 rings (SSSR count). The molecule has 0 radical (unpaired) electrons. The monoisotopic (exact) mass is 1000 g/mol. The van der Waals surface area contributed by atoms with Gasteiger partial charge in [-0.05, 0) is 103 Å². The Morgan fingerprint density at radius 3 is 1.25 bits per heavy atom. The molecular formula is C62H103N2O6P. The summed E-state index contributed by atoms with van der Waals surface area (Å²) in [6.07, 6.45) is 79.3. The number of carbonyl (C=O) groups is 1. The van der Waals surface area contributed by atoms with Crippen molar-refractivity contribution in [3.63, 3.8) is 0 Å². The molecule has 3 atom stereocenters. The van der Waals surface area contributed by atoms with Gasteiger partial charge in [-0.2, -0.15) is 0 Å². The van der Waals surface area contributed by atoms with Gasteiger partial charge in [0.15, 0.2) is 0 Å². The molecule has 9 heteroatoms. The van der Waals surface area contributed by atoms with Crippen LogP contribution in [-0.2, 0) is 18.4 Å². The van der Waals surface area contributed by atoms with E-state index in [2.05, 4.69) is 153 Å². The van der Waals surface area contributed by atoms with Gasteiger partial charge in [0.2, 0.25) is 5.91 Å². The van der Waals surface area contributed by atoms with Gasteiger partial charge in [0.1, 0.15) is 13.2 Å². The van der Waals surface area contributed by atoms with Gasteiger partial charge in [-0.1, -0.05) is 224 Å². The molecule has 1 amide bonds. The molecule has 0 aliphatic rings. The summed E-state index contributed by atoms with van der Waals surface area (Å²) in [4.78, 5) is 25.3. The van der Waals surface area contributed by atoms with Crippen LogP contribution in [0.15, 0.2) is 146 Å². The second-order valence-corrected chi connectivity index (χ2v) is 20.6. The summed E-state index contributed by atoms with van der Waals surface area (Å²) in [7, 11) is 1.22. The van der Waals surface area contributed by atoms with Crippen molar-refractivity contribution >= 4 is 13.7 Å². The average molecular weight is 1000 g/mol. The number of phosphoric ester groups is 1. The van der Waals surface area contributed by atoms with E-state index >= 15 is 0 Å². The first-order chi connectivity index (χ1) is 34.5. The molecule has 0 saturated carbocycles. The molecule has 0 aliphatic carbocycles. The lowest BCUT2D eigenvalue weighted by molar-refractivity contribution is -0.870. The highest BCUT2D eigenvalue weighted by Crippen LogP contribution is 2.38. The third-order valence-electron chi connectivity index (χ3n) is 11.3. The largest absolute Gasteiger partial charge is 0.756 e. The Morgan fingerprint density at radius 1 is 0.507 bits per heavy atom. The number of aliphatic hydroxyl groups excluding tert-OH is 1. The fraction of sp³-hybridized carbons (Fsp3) is 0.597. The van der Waals surface area contributed by atoms with Crippen molar-refractivity contribution in [3.05, 3.63) is 146 Å². The number of hydrogen-bond acceptors (Lipinski definition) is 6. The molecule has 0 fully saturated rings. The van der Waals surface area contributed by atoms with Crippen LogP contribution in [0.1, 0.15) is 187 Å². The molecule has 0 heterocycles. The highest BCUT2D eigenvalue weighted by molar-refractivity contribution is 7.45.